The summed E-state index contributed by atoms with van der Waals surface area (Å²) in [6.45, 7) is 2.07. The zero-order valence-electron chi connectivity index (χ0n) is 12.8. The van der Waals surface area contributed by atoms with Crippen LogP contribution in [-0.2, 0) is 4.79 Å². The number of halogens is 1. The number of amides is 1. The zero-order chi connectivity index (χ0) is 16.0. The van der Waals surface area contributed by atoms with E-state index in [-0.39, 0.29) is 11.8 Å². The van der Waals surface area contributed by atoms with E-state index in [4.69, 9.17) is 0 Å². The smallest absolute Gasteiger partial charge is 0.225 e. The van der Waals surface area contributed by atoms with E-state index in [2.05, 4.69) is 70.6 Å². The maximum atomic E-state index is 12.3. The van der Waals surface area contributed by atoms with Crippen molar-refractivity contribution in [2.45, 2.75) is 19.3 Å². The number of fused-ring (bicyclic) bond motifs is 3. The van der Waals surface area contributed by atoms with Crippen molar-refractivity contribution in [3.63, 3.8) is 0 Å². The van der Waals surface area contributed by atoms with E-state index in [9.17, 15) is 4.79 Å². The highest BCUT2D eigenvalue weighted by atomic mass is 79.9. The lowest BCUT2D eigenvalue weighted by atomic mass is 9.83. The maximum Gasteiger partial charge on any atom is 0.225 e. The van der Waals surface area contributed by atoms with Gasteiger partial charge < -0.3 is 5.32 Å². The normalized spacial score (nSPS) is 17.0. The summed E-state index contributed by atoms with van der Waals surface area (Å²) in [5, 5.41) is 5.33. The summed E-state index contributed by atoms with van der Waals surface area (Å²) < 4.78 is 1.09. The van der Waals surface area contributed by atoms with Crippen LogP contribution >= 0.6 is 15.9 Å². The minimum Gasteiger partial charge on any atom is -0.325 e. The highest BCUT2D eigenvalue weighted by Gasteiger charge is 2.27. The van der Waals surface area contributed by atoms with E-state index in [1.54, 1.807) is 0 Å². The van der Waals surface area contributed by atoms with Crippen LogP contribution in [0.5, 0.6) is 0 Å². The third-order valence-electron chi connectivity index (χ3n) is 4.59. The van der Waals surface area contributed by atoms with Crippen LogP contribution in [0.4, 0.5) is 5.69 Å². The number of anilines is 1. The molecule has 1 amide bonds. The Balaban J connectivity index is 1.92. The van der Waals surface area contributed by atoms with Crippen LogP contribution in [0.15, 0.2) is 59.1 Å². The van der Waals surface area contributed by atoms with Gasteiger partial charge in [-0.1, -0.05) is 64.5 Å². The van der Waals surface area contributed by atoms with E-state index < -0.39 is 0 Å². The fourth-order valence-electron chi connectivity index (χ4n) is 3.33. The summed E-state index contributed by atoms with van der Waals surface area (Å²) >= 11 is 3.61. The maximum absolute atomic E-state index is 12.3. The molecule has 3 aromatic carbocycles. The summed E-state index contributed by atoms with van der Waals surface area (Å²) in [5.41, 5.74) is 4.53. The first kappa shape index (κ1) is 14.5. The fourth-order valence-corrected chi connectivity index (χ4v) is 3.72. The van der Waals surface area contributed by atoms with Crippen LogP contribution < -0.4 is 5.32 Å². The Morgan fingerprint density at radius 2 is 1.91 bits per heavy atom. The van der Waals surface area contributed by atoms with Crippen LogP contribution in [-0.4, -0.2) is 5.91 Å². The first-order valence-electron chi connectivity index (χ1n) is 7.71. The molecule has 114 valence electrons. The first-order chi connectivity index (χ1) is 11.1. The second-order valence-electron chi connectivity index (χ2n) is 6.06. The average Bonchev–Trinajstić information content (AvgIpc) is 2.56. The van der Waals surface area contributed by atoms with Crippen molar-refractivity contribution in [3.05, 3.63) is 75.8 Å². The van der Waals surface area contributed by atoms with Gasteiger partial charge in [0.05, 0.1) is 5.69 Å². The van der Waals surface area contributed by atoms with Crippen LogP contribution in [0.2, 0.25) is 0 Å². The van der Waals surface area contributed by atoms with Gasteiger partial charge in [-0.15, -0.1) is 0 Å². The molecule has 0 saturated heterocycles. The third-order valence-corrected chi connectivity index (χ3v) is 5.44. The SMILES string of the molecule is Cc1ccc([C@@H]2CC(=O)Nc3c2ccc2ccccc32)cc1Br. The van der Waals surface area contributed by atoms with Crippen LogP contribution in [0.25, 0.3) is 10.8 Å². The quantitative estimate of drug-likeness (QED) is 0.615. The van der Waals surface area contributed by atoms with E-state index in [0.717, 1.165) is 20.9 Å². The molecular formula is C20H16BrNO. The van der Waals surface area contributed by atoms with Gasteiger partial charge in [0, 0.05) is 22.2 Å². The Morgan fingerprint density at radius 3 is 2.74 bits per heavy atom. The molecule has 0 saturated carbocycles. The summed E-state index contributed by atoms with van der Waals surface area (Å²) in [5.74, 6) is 0.177. The van der Waals surface area contributed by atoms with Crippen molar-refractivity contribution in [1.82, 2.24) is 0 Å². The van der Waals surface area contributed by atoms with Gasteiger partial charge in [-0.05, 0) is 35.1 Å². The lowest BCUT2D eigenvalue weighted by Gasteiger charge is -2.27. The topological polar surface area (TPSA) is 29.1 Å². The number of aryl methyl sites for hydroxylation is 1. The molecule has 0 aromatic heterocycles. The Labute approximate surface area is 143 Å². The van der Waals surface area contributed by atoms with Crippen molar-refractivity contribution in [1.29, 1.82) is 0 Å². The predicted octanol–water partition coefficient (Wildman–Crippen LogP) is 5.38. The van der Waals surface area contributed by atoms with Crippen molar-refractivity contribution < 1.29 is 4.79 Å². The summed E-state index contributed by atoms with van der Waals surface area (Å²) in [6.07, 6.45) is 0.487. The highest BCUT2D eigenvalue weighted by molar-refractivity contribution is 9.10. The molecule has 1 N–H and O–H groups in total. The van der Waals surface area contributed by atoms with E-state index in [1.165, 1.54) is 16.7 Å². The number of benzene rings is 3. The number of hydrogen-bond acceptors (Lipinski definition) is 1. The summed E-state index contributed by atoms with van der Waals surface area (Å²) in [4.78, 5) is 12.3. The number of carbonyl (C=O) groups excluding carboxylic acids is 1. The second kappa shape index (κ2) is 5.50. The van der Waals surface area contributed by atoms with Crippen molar-refractivity contribution in [2.75, 3.05) is 5.32 Å². The lowest BCUT2D eigenvalue weighted by Crippen LogP contribution is -2.23. The van der Waals surface area contributed by atoms with Gasteiger partial charge >= 0.3 is 0 Å². The number of hydrogen-bond donors (Lipinski definition) is 1. The third kappa shape index (κ3) is 2.45. The molecule has 0 bridgehead atoms. The van der Waals surface area contributed by atoms with E-state index in [0.29, 0.717) is 6.42 Å². The monoisotopic (exact) mass is 365 g/mol. The highest BCUT2D eigenvalue weighted by Crippen LogP contribution is 2.41. The van der Waals surface area contributed by atoms with Crippen molar-refractivity contribution in [3.8, 4) is 0 Å². The van der Waals surface area contributed by atoms with E-state index in [1.807, 2.05) is 12.1 Å². The molecule has 2 nitrogen and oxygen atoms in total. The number of rotatable bonds is 1. The minimum absolute atomic E-state index is 0.0792. The molecule has 1 atom stereocenters. The van der Waals surface area contributed by atoms with Gasteiger partial charge in [0.1, 0.15) is 0 Å². The Morgan fingerprint density at radius 1 is 1.09 bits per heavy atom. The van der Waals surface area contributed by atoms with Gasteiger partial charge in [0.2, 0.25) is 5.91 Å². The fraction of sp³-hybridized carbons (Fsp3) is 0.150. The van der Waals surface area contributed by atoms with Gasteiger partial charge in [-0.2, -0.15) is 0 Å². The molecule has 0 fully saturated rings. The molecule has 4 rings (SSSR count). The van der Waals surface area contributed by atoms with Crippen molar-refractivity contribution in [2.24, 2.45) is 0 Å². The lowest BCUT2D eigenvalue weighted by molar-refractivity contribution is -0.116. The molecule has 0 radical (unpaired) electrons. The van der Waals surface area contributed by atoms with Crippen LogP contribution in [0.3, 0.4) is 0 Å². The number of carbonyl (C=O) groups is 1. The molecule has 1 heterocycles. The summed E-state index contributed by atoms with van der Waals surface area (Å²) in [6, 6.07) is 18.8. The van der Waals surface area contributed by atoms with Gasteiger partial charge in [0.15, 0.2) is 0 Å². The molecule has 3 heteroatoms. The minimum atomic E-state index is 0.0792. The van der Waals surface area contributed by atoms with Gasteiger partial charge in [-0.25, -0.2) is 0 Å². The molecule has 0 unspecified atom stereocenters. The average molecular weight is 366 g/mol. The molecule has 1 aliphatic rings. The van der Waals surface area contributed by atoms with Crippen LogP contribution in [0.1, 0.15) is 29.0 Å². The predicted molar refractivity (Wildman–Crippen MR) is 97.9 cm³/mol. The molecule has 3 aromatic rings. The zero-order valence-corrected chi connectivity index (χ0v) is 14.4. The standard InChI is InChI=1S/C20H16BrNO/c1-12-6-7-14(10-18(12)21)17-11-19(23)22-20-15-5-3-2-4-13(15)8-9-16(17)20/h2-10,17H,11H2,1H3,(H,22,23)/t17-/m0/s1. The summed E-state index contributed by atoms with van der Waals surface area (Å²) in [7, 11) is 0. The number of nitrogens with one attached hydrogen (secondary N) is 1. The Kier molecular flexibility index (Phi) is 3.46. The molecule has 1 aliphatic heterocycles. The molecule has 23 heavy (non-hydrogen) atoms. The van der Waals surface area contributed by atoms with Crippen molar-refractivity contribution >= 4 is 38.3 Å². The first-order valence-corrected chi connectivity index (χ1v) is 8.50. The van der Waals surface area contributed by atoms with Crippen LogP contribution in [0, 0.1) is 6.92 Å². The Bertz CT molecular complexity index is 932. The second-order valence-corrected chi connectivity index (χ2v) is 6.92. The van der Waals surface area contributed by atoms with Gasteiger partial charge in [0.25, 0.3) is 0 Å². The van der Waals surface area contributed by atoms with Gasteiger partial charge in [-0.3, -0.25) is 4.79 Å². The molecule has 0 aliphatic carbocycles. The molecular weight excluding hydrogens is 350 g/mol. The molecule has 0 spiro atoms. The largest absolute Gasteiger partial charge is 0.325 e. The Hall–Kier alpha value is -2.13. The van der Waals surface area contributed by atoms with E-state index >= 15 is 0 Å².